The molecule has 4 nitrogen and oxygen atoms in total. The molecular formula is C11H21N3O. The summed E-state index contributed by atoms with van der Waals surface area (Å²) in [5.74, 6) is 0.992. The van der Waals surface area contributed by atoms with Crippen molar-refractivity contribution in [1.82, 2.24) is 15.5 Å². The summed E-state index contributed by atoms with van der Waals surface area (Å²) in [7, 11) is 0. The van der Waals surface area contributed by atoms with Crippen LogP contribution in [0, 0.1) is 5.92 Å². The van der Waals surface area contributed by atoms with E-state index in [1.165, 1.54) is 12.8 Å². The van der Waals surface area contributed by atoms with Crippen LogP contribution < -0.4 is 10.6 Å². The number of nitrogens with one attached hydrogen (secondary N) is 2. The van der Waals surface area contributed by atoms with Crippen molar-refractivity contribution in [3.8, 4) is 0 Å². The number of amides is 1. The lowest BCUT2D eigenvalue weighted by Crippen LogP contribution is -2.41. The molecule has 15 heavy (non-hydrogen) atoms. The zero-order chi connectivity index (χ0) is 10.5. The van der Waals surface area contributed by atoms with E-state index < -0.39 is 0 Å². The molecule has 4 heteroatoms. The largest absolute Gasteiger partial charge is 0.341 e. The summed E-state index contributed by atoms with van der Waals surface area (Å²) >= 11 is 0. The molecule has 1 amide bonds. The Kier molecular flexibility index (Phi) is 3.97. The first kappa shape index (κ1) is 10.9. The van der Waals surface area contributed by atoms with Crippen LogP contribution in [0.3, 0.4) is 0 Å². The third kappa shape index (κ3) is 3.18. The van der Waals surface area contributed by atoms with Crippen molar-refractivity contribution in [2.75, 3.05) is 39.3 Å². The second-order valence-corrected chi connectivity index (χ2v) is 4.55. The van der Waals surface area contributed by atoms with Crippen molar-refractivity contribution in [2.45, 2.75) is 19.3 Å². The van der Waals surface area contributed by atoms with Gasteiger partial charge < -0.3 is 15.5 Å². The summed E-state index contributed by atoms with van der Waals surface area (Å²) in [5, 5.41) is 6.67. The van der Waals surface area contributed by atoms with Gasteiger partial charge in [-0.3, -0.25) is 4.79 Å². The van der Waals surface area contributed by atoms with Crippen LogP contribution in [0.2, 0.25) is 0 Å². The van der Waals surface area contributed by atoms with E-state index in [9.17, 15) is 4.79 Å². The minimum atomic E-state index is 0.325. The van der Waals surface area contributed by atoms with Gasteiger partial charge in [0, 0.05) is 32.6 Å². The highest BCUT2D eigenvalue weighted by molar-refractivity contribution is 5.76. The lowest BCUT2D eigenvalue weighted by molar-refractivity contribution is -0.131. The number of carbonyl (C=O) groups is 1. The highest BCUT2D eigenvalue weighted by atomic mass is 16.2. The normalized spacial score (nSPS) is 28.9. The SMILES string of the molecule is O=C1CCNCCN1CC1CCCNC1. The molecule has 2 saturated heterocycles. The Hall–Kier alpha value is -0.610. The van der Waals surface area contributed by atoms with Crippen molar-refractivity contribution in [1.29, 1.82) is 0 Å². The average molecular weight is 211 g/mol. The van der Waals surface area contributed by atoms with Gasteiger partial charge in [0.15, 0.2) is 0 Å². The van der Waals surface area contributed by atoms with Gasteiger partial charge in [-0.05, 0) is 31.8 Å². The number of hydrogen-bond donors (Lipinski definition) is 2. The predicted octanol–water partition coefficient (Wildman–Crippen LogP) is -0.192. The molecule has 0 aliphatic carbocycles. The Morgan fingerprint density at radius 1 is 1.27 bits per heavy atom. The van der Waals surface area contributed by atoms with Gasteiger partial charge in [0.25, 0.3) is 0 Å². The summed E-state index contributed by atoms with van der Waals surface area (Å²) in [6, 6.07) is 0. The Balaban J connectivity index is 1.82. The molecule has 0 radical (unpaired) electrons. The van der Waals surface area contributed by atoms with Crippen molar-refractivity contribution in [3.63, 3.8) is 0 Å². The molecule has 2 fully saturated rings. The van der Waals surface area contributed by atoms with Crippen LogP contribution in [-0.4, -0.2) is 50.1 Å². The van der Waals surface area contributed by atoms with Gasteiger partial charge in [0.2, 0.25) is 5.91 Å². The number of hydrogen-bond acceptors (Lipinski definition) is 3. The van der Waals surface area contributed by atoms with E-state index >= 15 is 0 Å². The third-order valence-corrected chi connectivity index (χ3v) is 3.30. The molecule has 2 N–H and O–H groups in total. The van der Waals surface area contributed by atoms with Crippen molar-refractivity contribution in [3.05, 3.63) is 0 Å². The van der Waals surface area contributed by atoms with Gasteiger partial charge in [-0.1, -0.05) is 0 Å². The maximum Gasteiger partial charge on any atom is 0.223 e. The summed E-state index contributed by atoms with van der Waals surface area (Å²) < 4.78 is 0. The van der Waals surface area contributed by atoms with Crippen LogP contribution in [0.15, 0.2) is 0 Å². The van der Waals surface area contributed by atoms with E-state index in [0.717, 1.165) is 39.3 Å². The Labute approximate surface area is 91.4 Å². The molecule has 2 heterocycles. The molecule has 2 aliphatic heterocycles. The quantitative estimate of drug-likeness (QED) is 0.665. The van der Waals surface area contributed by atoms with Crippen LogP contribution in [0.4, 0.5) is 0 Å². The van der Waals surface area contributed by atoms with E-state index in [4.69, 9.17) is 0 Å². The van der Waals surface area contributed by atoms with Crippen LogP contribution in [0.25, 0.3) is 0 Å². The summed E-state index contributed by atoms with van der Waals surface area (Å²) in [5.41, 5.74) is 0. The van der Waals surface area contributed by atoms with E-state index in [1.54, 1.807) is 0 Å². The minimum Gasteiger partial charge on any atom is -0.341 e. The summed E-state index contributed by atoms with van der Waals surface area (Å²) in [4.78, 5) is 13.8. The van der Waals surface area contributed by atoms with Crippen LogP contribution in [-0.2, 0) is 4.79 Å². The standard InChI is InChI=1S/C11H21N3O/c15-11-3-5-12-6-7-14(11)9-10-2-1-4-13-8-10/h10,12-13H,1-9H2. The molecule has 2 rings (SSSR count). The third-order valence-electron chi connectivity index (χ3n) is 3.30. The molecule has 1 atom stereocenters. The van der Waals surface area contributed by atoms with E-state index in [-0.39, 0.29) is 0 Å². The molecule has 0 aromatic heterocycles. The number of carbonyl (C=O) groups excluding carboxylic acids is 1. The first-order valence-electron chi connectivity index (χ1n) is 6.05. The van der Waals surface area contributed by atoms with Crippen molar-refractivity contribution >= 4 is 5.91 Å². The predicted molar refractivity (Wildman–Crippen MR) is 59.7 cm³/mol. The number of rotatable bonds is 2. The molecule has 0 saturated carbocycles. The van der Waals surface area contributed by atoms with Gasteiger partial charge in [-0.15, -0.1) is 0 Å². The van der Waals surface area contributed by atoms with Gasteiger partial charge in [-0.25, -0.2) is 0 Å². The first-order valence-corrected chi connectivity index (χ1v) is 6.05. The number of piperidine rings is 1. The van der Waals surface area contributed by atoms with Crippen LogP contribution >= 0.6 is 0 Å². The van der Waals surface area contributed by atoms with Gasteiger partial charge in [-0.2, -0.15) is 0 Å². The Morgan fingerprint density at radius 2 is 2.20 bits per heavy atom. The van der Waals surface area contributed by atoms with Crippen LogP contribution in [0.1, 0.15) is 19.3 Å². The zero-order valence-corrected chi connectivity index (χ0v) is 9.30. The molecule has 86 valence electrons. The molecule has 0 aromatic rings. The fourth-order valence-electron chi connectivity index (χ4n) is 2.40. The maximum atomic E-state index is 11.8. The topological polar surface area (TPSA) is 44.4 Å². The van der Waals surface area contributed by atoms with Crippen molar-refractivity contribution < 1.29 is 4.79 Å². The molecule has 1 unspecified atom stereocenters. The smallest absolute Gasteiger partial charge is 0.223 e. The molecule has 0 bridgehead atoms. The highest BCUT2D eigenvalue weighted by Gasteiger charge is 2.21. The van der Waals surface area contributed by atoms with Crippen LogP contribution in [0.5, 0.6) is 0 Å². The minimum absolute atomic E-state index is 0.325. The Morgan fingerprint density at radius 3 is 3.00 bits per heavy atom. The maximum absolute atomic E-state index is 11.8. The summed E-state index contributed by atoms with van der Waals surface area (Å²) in [6.07, 6.45) is 3.19. The molecule has 2 aliphatic rings. The van der Waals surface area contributed by atoms with Gasteiger partial charge >= 0.3 is 0 Å². The fraction of sp³-hybridized carbons (Fsp3) is 0.909. The second-order valence-electron chi connectivity index (χ2n) is 4.55. The van der Waals surface area contributed by atoms with Gasteiger partial charge in [0.05, 0.1) is 0 Å². The highest BCUT2D eigenvalue weighted by Crippen LogP contribution is 2.12. The van der Waals surface area contributed by atoms with Crippen molar-refractivity contribution in [2.24, 2.45) is 5.92 Å². The van der Waals surface area contributed by atoms with Gasteiger partial charge in [0.1, 0.15) is 0 Å². The monoisotopic (exact) mass is 211 g/mol. The average Bonchev–Trinajstić information content (AvgIpc) is 2.46. The molecular weight excluding hydrogens is 190 g/mol. The lowest BCUT2D eigenvalue weighted by atomic mass is 9.99. The zero-order valence-electron chi connectivity index (χ0n) is 9.30. The van der Waals surface area contributed by atoms with E-state index in [2.05, 4.69) is 10.6 Å². The molecule has 0 aromatic carbocycles. The first-order chi connectivity index (χ1) is 7.36. The molecule has 0 spiro atoms. The summed E-state index contributed by atoms with van der Waals surface area (Å²) in [6.45, 7) is 5.86. The van der Waals surface area contributed by atoms with E-state index in [1.807, 2.05) is 4.90 Å². The fourth-order valence-corrected chi connectivity index (χ4v) is 2.40. The lowest BCUT2D eigenvalue weighted by Gasteiger charge is -2.29. The Bertz CT molecular complexity index is 214. The second kappa shape index (κ2) is 5.47. The number of nitrogens with zero attached hydrogens (tertiary/aromatic N) is 1. The van der Waals surface area contributed by atoms with E-state index in [0.29, 0.717) is 18.2 Å².